The Balaban J connectivity index is 1.05. The zero-order valence-corrected chi connectivity index (χ0v) is 30.7. The zero-order valence-electron chi connectivity index (χ0n) is 29.1. The van der Waals surface area contributed by atoms with Gasteiger partial charge in [0.05, 0.1) is 23.6 Å². The van der Waals surface area contributed by atoms with E-state index in [4.69, 9.17) is 14.2 Å². The van der Waals surface area contributed by atoms with Crippen molar-refractivity contribution in [3.8, 4) is 11.5 Å². The Morgan fingerprint density at radius 2 is 1.69 bits per heavy atom. The average Bonchev–Trinajstić information content (AvgIpc) is 3.83. The number of carbonyl (C=O) groups excluding carboxylic acids is 4. The molecule has 52 heavy (non-hydrogen) atoms. The van der Waals surface area contributed by atoms with Crippen molar-refractivity contribution in [3.05, 3.63) is 35.4 Å². The molecule has 5 heterocycles. The molecule has 14 nitrogen and oxygen atoms in total. The normalized spacial score (nSPS) is 32.4. The molecule has 2 aliphatic carbocycles. The van der Waals surface area contributed by atoms with Crippen molar-refractivity contribution in [3.63, 3.8) is 0 Å². The number of carbonyl (C=O) groups is 4. The van der Waals surface area contributed by atoms with Gasteiger partial charge in [0.2, 0.25) is 22.7 Å². The van der Waals surface area contributed by atoms with Gasteiger partial charge in [0.1, 0.15) is 17.9 Å². The third-order valence-electron chi connectivity index (χ3n) is 11.9. The minimum atomic E-state index is -3.68. The first-order valence-electron chi connectivity index (χ1n) is 18.5. The Morgan fingerprint density at radius 3 is 2.37 bits per heavy atom. The monoisotopic (exact) mass is 759 g/mol. The Labute approximate surface area is 303 Å². The number of hydrogen-bond acceptors (Lipinski definition) is 11. The Bertz CT molecular complexity index is 1890. The van der Waals surface area contributed by atoms with Gasteiger partial charge in [-0.05, 0) is 74.1 Å². The average molecular weight is 760 g/mol. The van der Waals surface area contributed by atoms with Crippen LogP contribution in [0.3, 0.4) is 0 Å². The van der Waals surface area contributed by atoms with Crippen molar-refractivity contribution in [1.29, 1.82) is 0 Å². The van der Waals surface area contributed by atoms with E-state index in [1.807, 2.05) is 24.3 Å². The molecule has 2 saturated heterocycles. The highest BCUT2D eigenvalue weighted by Crippen LogP contribution is 2.58. The van der Waals surface area contributed by atoms with Crippen LogP contribution in [0.15, 0.2) is 24.3 Å². The van der Waals surface area contributed by atoms with Crippen LogP contribution in [0.1, 0.15) is 81.8 Å². The third-order valence-corrected chi connectivity index (χ3v) is 16.0. The van der Waals surface area contributed by atoms with Gasteiger partial charge >= 0.3 is 6.09 Å². The fourth-order valence-corrected chi connectivity index (χ4v) is 12.2. The highest BCUT2D eigenvalue weighted by atomic mass is 32.2. The fraction of sp³-hybridized carbons (Fsp3) is 0.667. The second-order valence-electron chi connectivity index (χ2n) is 15.5. The minimum Gasteiger partial charge on any atom is -0.454 e. The molecule has 0 radical (unpaired) electrons. The van der Waals surface area contributed by atoms with Crippen LogP contribution in [0.25, 0.3) is 0 Å². The zero-order chi connectivity index (χ0) is 36.4. The van der Waals surface area contributed by atoms with Gasteiger partial charge in [-0.25, -0.2) is 21.6 Å². The number of sulfonamides is 1. The van der Waals surface area contributed by atoms with Crippen LogP contribution in [0.2, 0.25) is 0 Å². The first kappa shape index (κ1) is 35.5. The summed E-state index contributed by atoms with van der Waals surface area (Å²) >= 11 is 0. The lowest BCUT2D eigenvalue weighted by molar-refractivity contribution is -0.141. The highest BCUT2D eigenvalue weighted by Gasteiger charge is 2.61. The number of amides is 2. The van der Waals surface area contributed by atoms with E-state index in [0.29, 0.717) is 50.0 Å². The number of fused-ring (bicyclic) bond motifs is 4. The van der Waals surface area contributed by atoms with Crippen LogP contribution in [-0.2, 0) is 52.1 Å². The van der Waals surface area contributed by atoms with E-state index in [1.54, 1.807) is 0 Å². The topological polar surface area (TPSA) is 174 Å². The second kappa shape index (κ2) is 13.4. The summed E-state index contributed by atoms with van der Waals surface area (Å²) in [6.45, 7) is 0.789. The quantitative estimate of drug-likeness (QED) is 0.391. The van der Waals surface area contributed by atoms with E-state index >= 15 is 0 Å². The molecule has 7 aliphatic rings. The molecule has 0 spiro atoms. The molecule has 0 N–H and O–H groups in total. The number of rotatable bonds is 6. The van der Waals surface area contributed by atoms with Gasteiger partial charge < -0.3 is 19.1 Å². The molecule has 1 aromatic rings. The summed E-state index contributed by atoms with van der Waals surface area (Å²) in [6.07, 6.45) is 7.11. The van der Waals surface area contributed by atoms with Crippen molar-refractivity contribution >= 4 is 43.4 Å². The van der Waals surface area contributed by atoms with Gasteiger partial charge in [0.15, 0.2) is 32.9 Å². The van der Waals surface area contributed by atoms with Crippen LogP contribution in [0.5, 0.6) is 11.5 Å². The van der Waals surface area contributed by atoms with Crippen LogP contribution in [0, 0.1) is 11.3 Å². The van der Waals surface area contributed by atoms with E-state index in [1.165, 1.54) is 14.1 Å². The van der Waals surface area contributed by atoms with Crippen LogP contribution in [0.4, 0.5) is 4.79 Å². The van der Waals surface area contributed by atoms with E-state index in [0.717, 1.165) is 24.0 Å². The number of ketones is 2. The maximum atomic E-state index is 14.5. The van der Waals surface area contributed by atoms with Gasteiger partial charge in [-0.3, -0.25) is 19.3 Å². The van der Waals surface area contributed by atoms with Crippen LogP contribution < -0.4 is 9.47 Å². The lowest BCUT2D eigenvalue weighted by Crippen LogP contribution is -2.52. The maximum Gasteiger partial charge on any atom is 0.410 e. The molecule has 16 heteroatoms. The number of allylic oxidation sites excluding steroid dienone is 2. The fourth-order valence-electron chi connectivity index (χ4n) is 8.70. The first-order valence-corrected chi connectivity index (χ1v) is 21.8. The predicted octanol–water partition coefficient (Wildman–Crippen LogP) is 2.87. The summed E-state index contributed by atoms with van der Waals surface area (Å²) < 4.78 is 70.3. The second-order valence-corrected chi connectivity index (χ2v) is 19.8. The van der Waals surface area contributed by atoms with Gasteiger partial charge in [-0.1, -0.05) is 25.0 Å². The molecular formula is C36H45N3O11S2. The largest absolute Gasteiger partial charge is 0.454 e. The van der Waals surface area contributed by atoms with E-state index in [-0.39, 0.29) is 63.9 Å². The van der Waals surface area contributed by atoms with Crippen molar-refractivity contribution in [2.45, 2.75) is 107 Å². The summed E-state index contributed by atoms with van der Waals surface area (Å²) in [7, 11) is -7.31. The predicted molar refractivity (Wildman–Crippen MR) is 185 cm³/mol. The SMILES string of the molecule is O=C1C[C@]2(C(=O)CS(=O)(=O)C3CC3)C[C@H]2/C=C\CCCCC[C@H](N2CCCS2(=O)=O)C(=O)N2C[C@H](OC(=O)N3Cc4cc5c(cc4C3)OCO5)C[C@@H]12. The molecule has 5 aliphatic heterocycles. The number of benzene rings is 1. The summed E-state index contributed by atoms with van der Waals surface area (Å²) in [5.74, 6) is -1.15. The smallest absolute Gasteiger partial charge is 0.410 e. The van der Waals surface area contributed by atoms with Crippen molar-refractivity contribution in [1.82, 2.24) is 14.1 Å². The molecule has 1 aromatic carbocycles. The third kappa shape index (κ3) is 6.74. The molecule has 4 fully saturated rings. The number of hydrogen-bond donors (Lipinski definition) is 0. The highest BCUT2D eigenvalue weighted by molar-refractivity contribution is 7.93. The Morgan fingerprint density at radius 1 is 0.962 bits per heavy atom. The molecule has 8 rings (SSSR count). The van der Waals surface area contributed by atoms with Gasteiger partial charge in [0.25, 0.3) is 0 Å². The Kier molecular flexibility index (Phi) is 9.16. The van der Waals surface area contributed by atoms with Crippen LogP contribution >= 0.6 is 0 Å². The molecular weight excluding hydrogens is 715 g/mol. The number of ether oxygens (including phenoxy) is 3. The van der Waals surface area contributed by atoms with E-state index < -0.39 is 78.0 Å². The molecule has 0 unspecified atom stereocenters. The number of sulfone groups is 1. The molecule has 0 bridgehead atoms. The lowest BCUT2D eigenvalue weighted by Gasteiger charge is -2.32. The molecule has 0 aromatic heterocycles. The van der Waals surface area contributed by atoms with Crippen molar-refractivity contribution < 1.29 is 50.2 Å². The molecule has 2 saturated carbocycles. The number of nitrogens with zero attached hydrogens (tertiary/aromatic N) is 3. The summed E-state index contributed by atoms with van der Waals surface area (Å²) in [5.41, 5.74) is 0.602. The first-order chi connectivity index (χ1) is 24.8. The molecule has 2 amide bonds. The molecule has 5 atom stereocenters. The van der Waals surface area contributed by atoms with E-state index in [2.05, 4.69) is 0 Å². The standard InChI is InChI=1S/C36H45N3O11S2/c40-30-17-36(33(41)21-51(44,45)27-9-10-27)16-25(36)7-4-2-1-3-5-8-28(39-11-6-12-52(39,46)47)34(42)38-20-26(15-29(30)38)50-35(43)37-18-23-13-31-32(49-22-48-31)14-24(23)19-37/h4,7,13-14,25-29H,1-3,5-6,8-12,15-22H2/b7-4-/t25-,26-,28+,29+,36-/m1/s1. The summed E-state index contributed by atoms with van der Waals surface area (Å²) in [5, 5.41) is -0.512. The summed E-state index contributed by atoms with van der Waals surface area (Å²) in [6, 6.07) is 1.60. The van der Waals surface area contributed by atoms with Crippen molar-refractivity contribution in [2.75, 3.05) is 31.4 Å². The summed E-state index contributed by atoms with van der Waals surface area (Å²) in [4.78, 5) is 59.2. The Hall–Kier alpha value is -3.50. The van der Waals surface area contributed by atoms with Gasteiger partial charge in [-0.2, -0.15) is 4.31 Å². The van der Waals surface area contributed by atoms with Crippen LogP contribution in [-0.4, -0.2) is 109 Å². The number of Topliss-reactive ketones (excluding diaryl/α,β-unsaturated/α-hetero) is 2. The minimum absolute atomic E-state index is 0.0162. The maximum absolute atomic E-state index is 14.5. The van der Waals surface area contributed by atoms with Crippen molar-refractivity contribution in [2.24, 2.45) is 11.3 Å². The molecule has 282 valence electrons. The van der Waals surface area contributed by atoms with Gasteiger partial charge in [-0.15, -0.1) is 0 Å². The van der Waals surface area contributed by atoms with E-state index in [9.17, 15) is 36.0 Å². The van der Waals surface area contributed by atoms with Gasteiger partial charge in [0, 0.05) is 37.9 Å². The lowest BCUT2D eigenvalue weighted by atomic mass is 9.88.